The molecule has 0 saturated carbocycles. The minimum Gasteiger partial charge on any atom is -0.481 e. The van der Waals surface area contributed by atoms with Crippen LogP contribution in [0.4, 0.5) is 0 Å². The smallest absolute Gasteiger partial charge is 0.306 e. The summed E-state index contributed by atoms with van der Waals surface area (Å²) in [5.74, 6) is -0.922. The van der Waals surface area contributed by atoms with Crippen LogP contribution in [0, 0.1) is 12.8 Å². The van der Waals surface area contributed by atoms with Crippen LogP contribution in [-0.2, 0) is 17.6 Å². The largest absolute Gasteiger partial charge is 0.481 e. The number of aryl methyl sites for hydroxylation is 2. The van der Waals surface area contributed by atoms with E-state index in [0.717, 1.165) is 27.6 Å². The van der Waals surface area contributed by atoms with Crippen molar-refractivity contribution in [3.8, 4) is 10.6 Å². The predicted octanol–water partition coefficient (Wildman–Crippen LogP) is 3.31. The maximum Gasteiger partial charge on any atom is 0.306 e. The highest BCUT2D eigenvalue weighted by Gasteiger charge is 2.27. The molecule has 19 heavy (non-hydrogen) atoms. The molecular weight excluding hydrogens is 258 g/mol. The molecule has 1 aliphatic rings. The molecule has 2 aromatic rings. The zero-order valence-corrected chi connectivity index (χ0v) is 11.5. The lowest BCUT2D eigenvalue weighted by Crippen LogP contribution is -2.21. The number of carboxylic acids is 1. The van der Waals surface area contributed by atoms with Crippen molar-refractivity contribution in [2.75, 3.05) is 0 Å². The van der Waals surface area contributed by atoms with E-state index in [-0.39, 0.29) is 5.92 Å². The van der Waals surface area contributed by atoms with Crippen LogP contribution in [0.1, 0.15) is 22.6 Å². The predicted molar refractivity (Wildman–Crippen MR) is 75.4 cm³/mol. The van der Waals surface area contributed by atoms with Crippen LogP contribution >= 0.6 is 11.3 Å². The summed E-state index contributed by atoms with van der Waals surface area (Å²) in [7, 11) is 0. The minimum atomic E-state index is -0.684. The van der Waals surface area contributed by atoms with Crippen molar-refractivity contribution < 1.29 is 9.90 Å². The van der Waals surface area contributed by atoms with Crippen LogP contribution in [0.25, 0.3) is 10.6 Å². The zero-order valence-electron chi connectivity index (χ0n) is 10.7. The standard InChI is InChI=1S/C15H15NO2S/c1-9-4-2-3-5-11(9)14-16-12-7-6-10(15(17)18)8-13(12)19-14/h2-5,10H,6-8H2,1H3,(H,17,18). The molecule has 0 aliphatic heterocycles. The van der Waals surface area contributed by atoms with Gasteiger partial charge in [-0.3, -0.25) is 4.79 Å². The zero-order chi connectivity index (χ0) is 13.4. The van der Waals surface area contributed by atoms with Crippen molar-refractivity contribution >= 4 is 17.3 Å². The summed E-state index contributed by atoms with van der Waals surface area (Å²) in [6, 6.07) is 8.19. The first-order valence-corrected chi connectivity index (χ1v) is 7.24. The minimum absolute atomic E-state index is 0.238. The summed E-state index contributed by atoms with van der Waals surface area (Å²) >= 11 is 1.65. The average Bonchev–Trinajstić information content (AvgIpc) is 2.81. The quantitative estimate of drug-likeness (QED) is 0.913. The molecule has 0 fully saturated rings. The van der Waals surface area contributed by atoms with Crippen molar-refractivity contribution in [2.45, 2.75) is 26.2 Å². The number of aromatic nitrogens is 1. The van der Waals surface area contributed by atoms with E-state index in [4.69, 9.17) is 10.1 Å². The molecule has 1 unspecified atom stereocenters. The first-order valence-electron chi connectivity index (χ1n) is 6.42. The molecule has 1 aromatic heterocycles. The van der Waals surface area contributed by atoms with E-state index in [1.807, 2.05) is 12.1 Å². The van der Waals surface area contributed by atoms with Crippen LogP contribution in [0.15, 0.2) is 24.3 Å². The highest BCUT2D eigenvalue weighted by atomic mass is 32.1. The van der Waals surface area contributed by atoms with Crippen LogP contribution in [0.2, 0.25) is 0 Å². The molecule has 0 saturated heterocycles. The van der Waals surface area contributed by atoms with Crippen LogP contribution in [-0.4, -0.2) is 16.1 Å². The summed E-state index contributed by atoms with van der Waals surface area (Å²) in [5, 5.41) is 10.1. The fraction of sp³-hybridized carbons (Fsp3) is 0.333. The number of carbonyl (C=O) groups is 1. The third-order valence-corrected chi connectivity index (χ3v) is 4.82. The Morgan fingerprint density at radius 2 is 2.21 bits per heavy atom. The van der Waals surface area contributed by atoms with Crippen molar-refractivity contribution in [3.05, 3.63) is 40.4 Å². The number of benzene rings is 1. The number of carboxylic acid groups (broad SMARTS) is 1. The topological polar surface area (TPSA) is 50.2 Å². The Morgan fingerprint density at radius 1 is 1.42 bits per heavy atom. The lowest BCUT2D eigenvalue weighted by molar-refractivity contribution is -0.142. The Labute approximate surface area is 115 Å². The summed E-state index contributed by atoms with van der Waals surface area (Å²) in [5.41, 5.74) is 3.47. The van der Waals surface area contributed by atoms with Crippen LogP contribution in [0.3, 0.4) is 0 Å². The molecule has 3 nitrogen and oxygen atoms in total. The molecule has 1 aromatic carbocycles. The van der Waals surface area contributed by atoms with Crippen LogP contribution < -0.4 is 0 Å². The molecule has 4 heteroatoms. The highest BCUT2D eigenvalue weighted by Crippen LogP contribution is 2.35. The first-order chi connectivity index (χ1) is 9.15. The second-order valence-corrected chi connectivity index (χ2v) is 6.07. The number of hydrogen-bond acceptors (Lipinski definition) is 3. The van der Waals surface area contributed by atoms with Crippen molar-refractivity contribution in [1.29, 1.82) is 0 Å². The lowest BCUT2D eigenvalue weighted by atomic mass is 9.91. The van der Waals surface area contributed by atoms with Gasteiger partial charge in [0.25, 0.3) is 0 Å². The van der Waals surface area contributed by atoms with E-state index in [0.29, 0.717) is 12.8 Å². The Kier molecular flexibility index (Phi) is 3.11. The third-order valence-electron chi connectivity index (χ3n) is 3.66. The van der Waals surface area contributed by atoms with E-state index >= 15 is 0 Å². The van der Waals surface area contributed by atoms with Gasteiger partial charge in [0.2, 0.25) is 0 Å². The average molecular weight is 273 g/mol. The van der Waals surface area contributed by atoms with E-state index in [2.05, 4.69) is 19.1 Å². The third kappa shape index (κ3) is 2.28. The van der Waals surface area contributed by atoms with Gasteiger partial charge in [-0.25, -0.2) is 4.98 Å². The van der Waals surface area contributed by atoms with E-state index < -0.39 is 5.97 Å². The molecule has 1 heterocycles. The molecule has 0 spiro atoms. The SMILES string of the molecule is Cc1ccccc1-c1nc2c(s1)CC(C(=O)O)CC2. The molecule has 98 valence electrons. The molecule has 1 N–H and O–H groups in total. The lowest BCUT2D eigenvalue weighted by Gasteiger charge is -2.16. The van der Waals surface area contributed by atoms with E-state index in [9.17, 15) is 4.79 Å². The molecule has 3 rings (SSSR count). The van der Waals surface area contributed by atoms with Crippen molar-refractivity contribution in [3.63, 3.8) is 0 Å². The van der Waals surface area contributed by atoms with Crippen molar-refractivity contribution in [1.82, 2.24) is 4.98 Å². The summed E-state index contributed by atoms with van der Waals surface area (Å²) in [6.45, 7) is 2.08. The summed E-state index contributed by atoms with van der Waals surface area (Å²) in [4.78, 5) is 16.9. The summed E-state index contributed by atoms with van der Waals surface area (Å²) in [6.07, 6.45) is 2.13. The van der Waals surface area contributed by atoms with Gasteiger partial charge in [0, 0.05) is 10.4 Å². The Hall–Kier alpha value is -1.68. The number of aliphatic carboxylic acids is 1. The first kappa shape index (κ1) is 12.4. The van der Waals surface area contributed by atoms with E-state index in [1.54, 1.807) is 11.3 Å². The number of hydrogen-bond donors (Lipinski definition) is 1. The number of fused-ring (bicyclic) bond motifs is 1. The van der Waals surface area contributed by atoms with Gasteiger partial charge in [0.15, 0.2) is 0 Å². The van der Waals surface area contributed by atoms with E-state index in [1.165, 1.54) is 5.56 Å². The van der Waals surface area contributed by atoms with Gasteiger partial charge < -0.3 is 5.11 Å². The number of rotatable bonds is 2. The maximum absolute atomic E-state index is 11.1. The molecule has 0 amide bonds. The second kappa shape index (κ2) is 4.78. The van der Waals surface area contributed by atoms with Gasteiger partial charge in [-0.2, -0.15) is 0 Å². The number of nitrogens with zero attached hydrogens (tertiary/aromatic N) is 1. The monoisotopic (exact) mass is 273 g/mol. The Morgan fingerprint density at radius 3 is 2.95 bits per heavy atom. The fourth-order valence-electron chi connectivity index (χ4n) is 2.51. The molecule has 0 bridgehead atoms. The second-order valence-electron chi connectivity index (χ2n) is 4.98. The van der Waals surface area contributed by atoms with Gasteiger partial charge >= 0.3 is 5.97 Å². The van der Waals surface area contributed by atoms with Gasteiger partial charge in [0.05, 0.1) is 11.6 Å². The Balaban J connectivity index is 1.96. The number of thiazole rings is 1. The molecule has 1 aliphatic carbocycles. The molecule has 1 atom stereocenters. The molecule has 0 radical (unpaired) electrons. The van der Waals surface area contributed by atoms with Crippen LogP contribution in [0.5, 0.6) is 0 Å². The van der Waals surface area contributed by atoms with Gasteiger partial charge in [-0.15, -0.1) is 11.3 Å². The van der Waals surface area contributed by atoms with Gasteiger partial charge in [0.1, 0.15) is 5.01 Å². The normalized spacial score (nSPS) is 18.1. The van der Waals surface area contributed by atoms with Gasteiger partial charge in [-0.1, -0.05) is 24.3 Å². The highest BCUT2D eigenvalue weighted by molar-refractivity contribution is 7.15. The van der Waals surface area contributed by atoms with Gasteiger partial charge in [-0.05, 0) is 31.7 Å². The maximum atomic E-state index is 11.1. The Bertz CT molecular complexity index is 633. The molecular formula is C15H15NO2S. The summed E-state index contributed by atoms with van der Waals surface area (Å²) < 4.78 is 0. The fourth-order valence-corrected chi connectivity index (χ4v) is 3.79. The van der Waals surface area contributed by atoms with Crippen molar-refractivity contribution in [2.24, 2.45) is 5.92 Å².